The van der Waals surface area contributed by atoms with Crippen molar-refractivity contribution in [2.45, 2.75) is 49.8 Å². The Balaban J connectivity index is 1.47. The van der Waals surface area contributed by atoms with Crippen molar-refractivity contribution in [3.8, 4) is 5.88 Å². The Kier molecular flexibility index (Phi) is 4.50. The standard InChI is InChI=1S/C17H18F3N5O4/c18-17(19,20)10-7-9(24-25-10)12(26)21-6-5-16-4-2-1-3-8(16)11-13(27)22-15(28)23-14(11)29-16/h7-8H,1-6H2,(H,21,26)(H,24,25)(H2,22,23,27,28)/t8-,16+/m1/s1. The minimum Gasteiger partial charge on any atom is -0.471 e. The van der Waals surface area contributed by atoms with Crippen molar-refractivity contribution in [3.63, 3.8) is 0 Å². The number of carbonyl (C=O) groups excluding carboxylic acids is 1. The summed E-state index contributed by atoms with van der Waals surface area (Å²) in [4.78, 5) is 40.7. The third kappa shape index (κ3) is 3.42. The van der Waals surface area contributed by atoms with Crippen LogP contribution < -0.4 is 21.3 Å². The lowest BCUT2D eigenvalue weighted by molar-refractivity contribution is -0.141. The fourth-order valence-corrected chi connectivity index (χ4v) is 4.23. The summed E-state index contributed by atoms with van der Waals surface area (Å²) in [5.74, 6) is -0.827. The van der Waals surface area contributed by atoms with Crippen molar-refractivity contribution in [2.24, 2.45) is 0 Å². The molecule has 156 valence electrons. The van der Waals surface area contributed by atoms with Crippen molar-refractivity contribution in [1.29, 1.82) is 0 Å². The van der Waals surface area contributed by atoms with Gasteiger partial charge in [-0.1, -0.05) is 6.42 Å². The number of carbonyl (C=O) groups is 1. The Bertz CT molecular complexity index is 1060. The molecule has 3 heterocycles. The summed E-state index contributed by atoms with van der Waals surface area (Å²) in [5, 5.41) is 7.73. The van der Waals surface area contributed by atoms with Crippen molar-refractivity contribution in [1.82, 2.24) is 25.5 Å². The Labute approximate surface area is 161 Å². The minimum absolute atomic E-state index is 0.111. The second-order valence-corrected chi connectivity index (χ2v) is 7.29. The van der Waals surface area contributed by atoms with Gasteiger partial charge in [0.25, 0.3) is 11.5 Å². The lowest BCUT2D eigenvalue weighted by atomic mass is 9.72. The first-order valence-electron chi connectivity index (χ1n) is 9.16. The van der Waals surface area contributed by atoms with E-state index in [9.17, 15) is 27.6 Å². The zero-order valence-corrected chi connectivity index (χ0v) is 15.1. The normalized spacial score (nSPS) is 23.2. The third-order valence-electron chi connectivity index (χ3n) is 5.52. The summed E-state index contributed by atoms with van der Waals surface area (Å²) >= 11 is 0. The molecule has 0 unspecified atom stereocenters. The van der Waals surface area contributed by atoms with Gasteiger partial charge < -0.3 is 10.1 Å². The molecule has 12 heteroatoms. The van der Waals surface area contributed by atoms with Gasteiger partial charge in [-0.15, -0.1) is 0 Å². The van der Waals surface area contributed by atoms with Gasteiger partial charge in [0, 0.05) is 24.9 Å². The molecule has 1 saturated carbocycles. The quantitative estimate of drug-likeness (QED) is 0.602. The predicted molar refractivity (Wildman–Crippen MR) is 92.8 cm³/mol. The predicted octanol–water partition coefficient (Wildman–Crippen LogP) is 1.41. The topological polar surface area (TPSA) is 133 Å². The summed E-state index contributed by atoms with van der Waals surface area (Å²) < 4.78 is 43.9. The largest absolute Gasteiger partial charge is 0.471 e. The average Bonchev–Trinajstić information content (AvgIpc) is 3.24. The summed E-state index contributed by atoms with van der Waals surface area (Å²) in [6.07, 6.45) is -1.21. The number of nitrogens with one attached hydrogen (secondary N) is 4. The van der Waals surface area contributed by atoms with Crippen LogP contribution >= 0.6 is 0 Å². The van der Waals surface area contributed by atoms with Crippen LogP contribution in [-0.4, -0.2) is 38.2 Å². The molecule has 0 bridgehead atoms. The molecule has 4 rings (SSSR count). The van der Waals surface area contributed by atoms with Crippen molar-refractivity contribution in [2.75, 3.05) is 6.54 Å². The SMILES string of the molecule is O=C(NCC[C@@]12CCCC[C@@H]1c1c([nH]c(=O)[nH]c1=O)O2)c1cc(C(F)(F)F)[nH]n1. The van der Waals surface area contributed by atoms with Crippen LogP contribution in [0, 0.1) is 0 Å². The van der Waals surface area contributed by atoms with Crippen LogP contribution in [-0.2, 0) is 6.18 Å². The lowest BCUT2D eigenvalue weighted by Crippen LogP contribution is -2.44. The number of rotatable bonds is 4. The zero-order chi connectivity index (χ0) is 20.8. The molecule has 1 aliphatic carbocycles. The molecule has 2 aromatic rings. The van der Waals surface area contributed by atoms with Gasteiger partial charge in [-0.2, -0.15) is 18.3 Å². The number of aromatic nitrogens is 4. The number of hydrogen-bond acceptors (Lipinski definition) is 5. The van der Waals surface area contributed by atoms with Gasteiger partial charge in [0.1, 0.15) is 11.3 Å². The summed E-state index contributed by atoms with van der Waals surface area (Å²) in [5.41, 5.74) is -2.98. The van der Waals surface area contributed by atoms with Crippen LogP contribution in [0.15, 0.2) is 15.7 Å². The highest BCUT2D eigenvalue weighted by Gasteiger charge is 2.51. The number of aromatic amines is 3. The van der Waals surface area contributed by atoms with E-state index >= 15 is 0 Å². The van der Waals surface area contributed by atoms with Crippen molar-refractivity contribution < 1.29 is 22.7 Å². The van der Waals surface area contributed by atoms with E-state index in [0.717, 1.165) is 12.8 Å². The maximum absolute atomic E-state index is 12.6. The van der Waals surface area contributed by atoms with Gasteiger partial charge in [-0.25, -0.2) is 4.79 Å². The van der Waals surface area contributed by atoms with E-state index in [-0.39, 0.29) is 24.0 Å². The molecule has 4 N–H and O–H groups in total. The molecule has 0 saturated heterocycles. The first-order valence-corrected chi connectivity index (χ1v) is 9.16. The van der Waals surface area contributed by atoms with Gasteiger partial charge in [0.2, 0.25) is 5.88 Å². The number of hydrogen-bond donors (Lipinski definition) is 4. The van der Waals surface area contributed by atoms with E-state index in [1.165, 1.54) is 0 Å². The zero-order valence-electron chi connectivity index (χ0n) is 15.1. The third-order valence-corrected chi connectivity index (χ3v) is 5.52. The minimum atomic E-state index is -4.62. The van der Waals surface area contributed by atoms with Crippen molar-refractivity contribution >= 4 is 5.91 Å². The molecule has 0 radical (unpaired) electrons. The van der Waals surface area contributed by atoms with Crippen LogP contribution in [0.3, 0.4) is 0 Å². The van der Waals surface area contributed by atoms with Crippen LogP contribution in [0.5, 0.6) is 5.88 Å². The molecule has 2 aliphatic rings. The molecule has 2 atom stereocenters. The summed E-state index contributed by atoms with van der Waals surface area (Å²) in [7, 11) is 0. The van der Waals surface area contributed by atoms with E-state index in [4.69, 9.17) is 4.74 Å². The van der Waals surface area contributed by atoms with E-state index in [1.807, 2.05) is 0 Å². The summed E-state index contributed by atoms with van der Waals surface area (Å²) in [6.45, 7) is 0.111. The highest BCUT2D eigenvalue weighted by Crippen LogP contribution is 2.51. The van der Waals surface area contributed by atoms with Crippen LogP contribution in [0.25, 0.3) is 0 Å². The number of amides is 1. The fourth-order valence-electron chi connectivity index (χ4n) is 4.23. The van der Waals surface area contributed by atoms with Crippen LogP contribution in [0.4, 0.5) is 13.2 Å². The van der Waals surface area contributed by atoms with Gasteiger partial charge in [0.15, 0.2) is 5.69 Å². The molecule has 0 aromatic carbocycles. The molecule has 0 spiro atoms. The van der Waals surface area contributed by atoms with E-state index in [2.05, 4.69) is 20.4 Å². The monoisotopic (exact) mass is 413 g/mol. The molecular formula is C17H18F3N5O4. The number of ether oxygens (including phenoxy) is 1. The second-order valence-electron chi connectivity index (χ2n) is 7.29. The van der Waals surface area contributed by atoms with E-state index < -0.39 is 34.6 Å². The Morgan fingerprint density at radius 3 is 2.83 bits per heavy atom. The number of halogens is 3. The fraction of sp³-hybridized carbons (Fsp3) is 0.529. The summed E-state index contributed by atoms with van der Waals surface area (Å²) in [6, 6.07) is 0.642. The first-order chi connectivity index (χ1) is 13.7. The molecule has 1 fully saturated rings. The number of fused-ring (bicyclic) bond motifs is 3. The first kappa shape index (κ1) is 19.3. The van der Waals surface area contributed by atoms with E-state index in [0.29, 0.717) is 30.9 Å². The van der Waals surface area contributed by atoms with Crippen molar-refractivity contribution in [3.05, 3.63) is 43.9 Å². The highest BCUT2D eigenvalue weighted by atomic mass is 19.4. The highest BCUT2D eigenvalue weighted by molar-refractivity contribution is 5.92. The Morgan fingerprint density at radius 2 is 2.10 bits per heavy atom. The number of nitrogens with zero attached hydrogens (tertiary/aromatic N) is 1. The molecule has 1 amide bonds. The van der Waals surface area contributed by atoms with Crippen LogP contribution in [0.2, 0.25) is 0 Å². The van der Waals surface area contributed by atoms with Crippen LogP contribution in [0.1, 0.15) is 59.8 Å². The van der Waals surface area contributed by atoms with Gasteiger partial charge in [-0.05, 0) is 19.3 Å². The Hall–Kier alpha value is -3.05. The molecule has 2 aromatic heterocycles. The van der Waals surface area contributed by atoms with E-state index in [1.54, 1.807) is 5.10 Å². The number of H-pyrrole nitrogens is 3. The Morgan fingerprint density at radius 1 is 1.31 bits per heavy atom. The molecular weight excluding hydrogens is 395 g/mol. The lowest BCUT2D eigenvalue weighted by Gasteiger charge is -2.38. The smallest absolute Gasteiger partial charge is 0.432 e. The van der Waals surface area contributed by atoms with Gasteiger partial charge in [-0.3, -0.25) is 24.7 Å². The molecule has 1 aliphatic heterocycles. The second kappa shape index (κ2) is 6.78. The maximum atomic E-state index is 12.6. The average molecular weight is 413 g/mol. The number of alkyl halides is 3. The molecule has 29 heavy (non-hydrogen) atoms. The van der Waals surface area contributed by atoms with Gasteiger partial charge >= 0.3 is 11.9 Å². The molecule has 9 nitrogen and oxygen atoms in total. The maximum Gasteiger partial charge on any atom is 0.432 e. The van der Waals surface area contributed by atoms with Gasteiger partial charge in [0.05, 0.1) is 5.56 Å².